The highest BCUT2D eigenvalue weighted by molar-refractivity contribution is 6.14. The summed E-state index contributed by atoms with van der Waals surface area (Å²) in [5.41, 5.74) is 15.9. The summed E-state index contributed by atoms with van der Waals surface area (Å²) >= 11 is 0. The first kappa shape index (κ1) is 42.5. The molecule has 3 heterocycles. The zero-order valence-corrected chi connectivity index (χ0v) is 38.2. The third-order valence-electron chi connectivity index (χ3n) is 13.7. The van der Waals surface area contributed by atoms with E-state index in [2.05, 4.69) is 88.0 Å². The van der Waals surface area contributed by atoms with Crippen molar-refractivity contribution in [2.24, 2.45) is 0 Å². The Labute approximate surface area is 413 Å². The van der Waals surface area contributed by atoms with Gasteiger partial charge in [0.15, 0.2) is 0 Å². The molecule has 0 bridgehead atoms. The van der Waals surface area contributed by atoms with E-state index in [1.54, 1.807) is 0 Å². The van der Waals surface area contributed by atoms with Crippen LogP contribution in [0, 0.1) is 56.7 Å². The molecular formula is C64H34N8. The number of hydrogen-bond acceptors (Lipinski definition) is 6. The molecular weight excluding hydrogens is 881 g/mol. The molecule has 0 aliphatic rings. The lowest BCUT2D eigenvalue weighted by Gasteiger charge is -2.20. The summed E-state index contributed by atoms with van der Waals surface area (Å²) in [5.74, 6) is 0. The molecule has 0 saturated heterocycles. The van der Waals surface area contributed by atoms with Gasteiger partial charge in [-0.15, -0.1) is 0 Å². The van der Waals surface area contributed by atoms with Gasteiger partial charge in [0.25, 0.3) is 0 Å². The standard InChI is InChI=1S/C64H34N8/c65-33-44-11-1-6-16-49(44)40-21-25-58-54(29-40)55-30-41(50-17-7-2-12-45(50)34-66)22-26-59(55)71(58)62-38-70-39-63(64(62)53-20-10-5-15-48(53)37-69)72-60-27-23-42(51-18-8-3-13-46(51)35-67)31-56(60)57-32-43(24-28-61(57)72)52-19-9-4-14-47(52)36-68/h1-32,38-39H. The number of aromatic nitrogens is 3. The van der Waals surface area contributed by atoms with E-state index in [1.807, 2.05) is 158 Å². The Hall–Kier alpha value is -10.8. The van der Waals surface area contributed by atoms with Crippen LogP contribution >= 0.6 is 0 Å². The molecule has 330 valence electrons. The van der Waals surface area contributed by atoms with Crippen LogP contribution in [0.1, 0.15) is 27.8 Å². The van der Waals surface area contributed by atoms with Crippen LogP contribution in [0.25, 0.3) is 111 Å². The lowest BCUT2D eigenvalue weighted by atomic mass is 9.96. The zero-order valence-electron chi connectivity index (χ0n) is 38.2. The molecule has 0 radical (unpaired) electrons. The molecule has 0 N–H and O–H groups in total. The van der Waals surface area contributed by atoms with Gasteiger partial charge in [0, 0.05) is 32.7 Å². The minimum absolute atomic E-state index is 0.476. The zero-order chi connectivity index (χ0) is 48.9. The van der Waals surface area contributed by atoms with Crippen LogP contribution in [-0.4, -0.2) is 14.1 Å². The number of rotatable bonds is 7. The topological polar surface area (TPSA) is 142 Å². The lowest BCUT2D eigenvalue weighted by Crippen LogP contribution is -2.05. The van der Waals surface area contributed by atoms with Crippen molar-refractivity contribution in [3.8, 4) is 97.4 Å². The number of fused-ring (bicyclic) bond motifs is 6. The van der Waals surface area contributed by atoms with Gasteiger partial charge in [0.2, 0.25) is 0 Å². The van der Waals surface area contributed by atoms with E-state index in [0.717, 1.165) is 105 Å². The summed E-state index contributed by atoms with van der Waals surface area (Å²) in [7, 11) is 0. The summed E-state index contributed by atoms with van der Waals surface area (Å²) in [4.78, 5) is 5.05. The van der Waals surface area contributed by atoms with Crippen LogP contribution in [0.15, 0.2) is 207 Å². The van der Waals surface area contributed by atoms with Gasteiger partial charge in [0.1, 0.15) is 0 Å². The Morgan fingerprint density at radius 3 is 0.819 bits per heavy atom. The summed E-state index contributed by atoms with van der Waals surface area (Å²) in [6.45, 7) is 0. The molecule has 0 aliphatic heterocycles. The Balaban J connectivity index is 1.19. The minimum atomic E-state index is 0.476. The monoisotopic (exact) mass is 914 g/mol. The third kappa shape index (κ3) is 6.76. The smallest absolute Gasteiger partial charge is 0.0998 e. The van der Waals surface area contributed by atoms with Crippen molar-refractivity contribution in [1.29, 1.82) is 26.3 Å². The average Bonchev–Trinajstić information content (AvgIpc) is 3.95. The molecule has 0 atom stereocenters. The van der Waals surface area contributed by atoms with E-state index < -0.39 is 0 Å². The second kappa shape index (κ2) is 17.4. The fraction of sp³-hybridized carbons (Fsp3) is 0. The molecule has 0 fully saturated rings. The maximum Gasteiger partial charge on any atom is 0.0998 e. The highest BCUT2D eigenvalue weighted by atomic mass is 15.0. The van der Waals surface area contributed by atoms with Gasteiger partial charge >= 0.3 is 0 Å². The molecule has 72 heavy (non-hydrogen) atoms. The maximum absolute atomic E-state index is 10.9. The summed E-state index contributed by atoms with van der Waals surface area (Å²) in [6, 6.07) is 74.9. The second-order valence-corrected chi connectivity index (χ2v) is 17.4. The van der Waals surface area contributed by atoms with Crippen molar-refractivity contribution in [3.05, 3.63) is 234 Å². The van der Waals surface area contributed by atoms with Crippen molar-refractivity contribution in [2.75, 3.05) is 0 Å². The van der Waals surface area contributed by atoms with Crippen LogP contribution < -0.4 is 0 Å². The van der Waals surface area contributed by atoms with Crippen molar-refractivity contribution in [1.82, 2.24) is 14.1 Å². The quantitative estimate of drug-likeness (QED) is 0.156. The molecule has 8 heteroatoms. The van der Waals surface area contributed by atoms with Crippen LogP contribution in [0.3, 0.4) is 0 Å². The Morgan fingerprint density at radius 2 is 0.542 bits per heavy atom. The van der Waals surface area contributed by atoms with Gasteiger partial charge < -0.3 is 9.13 Å². The van der Waals surface area contributed by atoms with E-state index >= 15 is 0 Å². The number of benzene rings is 9. The van der Waals surface area contributed by atoms with Crippen molar-refractivity contribution in [2.45, 2.75) is 0 Å². The van der Waals surface area contributed by atoms with Crippen LogP contribution in [0.2, 0.25) is 0 Å². The van der Waals surface area contributed by atoms with Crippen LogP contribution in [0.5, 0.6) is 0 Å². The average molecular weight is 915 g/mol. The van der Waals surface area contributed by atoms with E-state index in [1.165, 1.54) is 0 Å². The fourth-order valence-corrected chi connectivity index (χ4v) is 10.4. The van der Waals surface area contributed by atoms with Gasteiger partial charge in [-0.1, -0.05) is 115 Å². The van der Waals surface area contributed by atoms with Gasteiger partial charge in [-0.3, -0.25) is 4.98 Å². The van der Waals surface area contributed by atoms with E-state index in [9.17, 15) is 26.3 Å². The molecule has 0 saturated carbocycles. The first-order chi connectivity index (χ1) is 35.5. The van der Waals surface area contributed by atoms with Gasteiger partial charge in [0.05, 0.1) is 104 Å². The third-order valence-corrected chi connectivity index (χ3v) is 13.7. The summed E-state index contributed by atoms with van der Waals surface area (Å²) in [6.07, 6.45) is 3.71. The molecule has 12 aromatic rings. The molecule has 0 aliphatic carbocycles. The van der Waals surface area contributed by atoms with Crippen molar-refractivity contribution in [3.63, 3.8) is 0 Å². The Morgan fingerprint density at radius 1 is 0.292 bits per heavy atom. The number of nitrogens with zero attached hydrogens (tertiary/aromatic N) is 8. The molecule has 0 spiro atoms. The van der Waals surface area contributed by atoms with Gasteiger partial charge in [-0.2, -0.15) is 26.3 Å². The number of pyridine rings is 1. The van der Waals surface area contributed by atoms with Crippen molar-refractivity contribution < 1.29 is 0 Å². The Bertz CT molecular complexity index is 3990. The highest BCUT2D eigenvalue weighted by Crippen LogP contribution is 2.45. The first-order valence-corrected chi connectivity index (χ1v) is 23.1. The predicted octanol–water partition coefficient (Wildman–Crippen LogP) is 15.0. The highest BCUT2D eigenvalue weighted by Gasteiger charge is 2.25. The SMILES string of the molecule is N#Cc1ccccc1-c1ccc2c(c1)c1cc(-c3ccccc3C#N)ccc1n2-c1cncc(-n2c3ccc(-c4ccccc4C#N)cc3c3cc(-c4ccccc4C#N)ccc32)c1-c1ccccc1C#N. The Kier molecular flexibility index (Phi) is 10.3. The van der Waals surface area contributed by atoms with E-state index in [0.29, 0.717) is 33.4 Å². The summed E-state index contributed by atoms with van der Waals surface area (Å²) in [5, 5.41) is 55.3. The first-order valence-electron chi connectivity index (χ1n) is 23.1. The molecule has 0 amide bonds. The molecule has 0 unspecified atom stereocenters. The molecule has 8 nitrogen and oxygen atoms in total. The van der Waals surface area contributed by atoms with E-state index in [-0.39, 0.29) is 0 Å². The number of nitriles is 5. The van der Waals surface area contributed by atoms with Gasteiger partial charge in [-0.25, -0.2) is 0 Å². The molecule has 12 rings (SSSR count). The molecule has 9 aromatic carbocycles. The minimum Gasteiger partial charge on any atom is -0.307 e. The fourth-order valence-electron chi connectivity index (χ4n) is 10.4. The van der Waals surface area contributed by atoms with E-state index in [4.69, 9.17) is 4.98 Å². The second-order valence-electron chi connectivity index (χ2n) is 17.4. The maximum atomic E-state index is 10.9. The largest absolute Gasteiger partial charge is 0.307 e. The lowest BCUT2D eigenvalue weighted by molar-refractivity contribution is 1.09. The number of hydrogen-bond donors (Lipinski definition) is 0. The van der Waals surface area contributed by atoms with Gasteiger partial charge in [-0.05, 0) is 123 Å². The van der Waals surface area contributed by atoms with Crippen LogP contribution in [-0.2, 0) is 0 Å². The predicted molar refractivity (Wildman–Crippen MR) is 284 cm³/mol. The summed E-state index contributed by atoms with van der Waals surface area (Å²) < 4.78 is 4.40. The molecule has 3 aromatic heterocycles. The van der Waals surface area contributed by atoms with Crippen LogP contribution in [0.4, 0.5) is 0 Å². The normalized spacial score (nSPS) is 11.0. The van der Waals surface area contributed by atoms with Crippen molar-refractivity contribution >= 4 is 43.6 Å².